The zero-order valence-electron chi connectivity index (χ0n) is 15.8. The minimum atomic E-state index is -0.562. The number of anilines is 1. The highest BCUT2D eigenvalue weighted by molar-refractivity contribution is 5.96. The number of carbonyl (C=O) groups is 3. The highest BCUT2D eigenvalue weighted by atomic mass is 16.5. The molecule has 2 aromatic rings. The molecule has 0 saturated carbocycles. The molecule has 0 aliphatic heterocycles. The lowest BCUT2D eigenvalue weighted by Crippen LogP contribution is -2.35. The van der Waals surface area contributed by atoms with E-state index in [-0.39, 0.29) is 12.5 Å². The standard InChI is InChI=1S/C21H24N2O4/c1-4-16-9-5-6-11-18(16)23-19(24)12-22-20(25)13-27-21(26)17-10-7-8-14(2)15(17)3/h5-11H,4,12-13H2,1-3H3,(H,22,25)(H,23,24). The molecule has 0 unspecified atom stereocenters. The van der Waals surface area contributed by atoms with E-state index in [1.807, 2.05) is 51.1 Å². The average Bonchev–Trinajstić information content (AvgIpc) is 2.67. The number of aryl methyl sites for hydroxylation is 2. The van der Waals surface area contributed by atoms with Gasteiger partial charge in [0.15, 0.2) is 6.61 Å². The third-order valence-electron chi connectivity index (χ3n) is 4.28. The lowest BCUT2D eigenvalue weighted by molar-refractivity contribution is -0.126. The zero-order valence-corrected chi connectivity index (χ0v) is 15.8. The fourth-order valence-electron chi connectivity index (χ4n) is 2.56. The second-order valence-electron chi connectivity index (χ2n) is 6.16. The number of amides is 2. The number of rotatable bonds is 7. The van der Waals surface area contributed by atoms with E-state index in [1.54, 1.807) is 12.1 Å². The maximum atomic E-state index is 12.1. The lowest BCUT2D eigenvalue weighted by atomic mass is 10.0. The van der Waals surface area contributed by atoms with Gasteiger partial charge in [-0.3, -0.25) is 9.59 Å². The summed E-state index contributed by atoms with van der Waals surface area (Å²) in [4.78, 5) is 35.9. The van der Waals surface area contributed by atoms with Crippen LogP contribution in [0, 0.1) is 13.8 Å². The van der Waals surface area contributed by atoms with E-state index in [2.05, 4.69) is 10.6 Å². The summed E-state index contributed by atoms with van der Waals surface area (Å²) in [6.45, 7) is 5.08. The van der Waals surface area contributed by atoms with E-state index < -0.39 is 18.5 Å². The summed E-state index contributed by atoms with van der Waals surface area (Å²) < 4.78 is 5.03. The van der Waals surface area contributed by atoms with E-state index in [9.17, 15) is 14.4 Å². The molecule has 0 spiro atoms. The Hall–Kier alpha value is -3.15. The predicted octanol–water partition coefficient (Wildman–Crippen LogP) is 2.78. The van der Waals surface area contributed by atoms with Crippen LogP contribution in [0.5, 0.6) is 0 Å². The van der Waals surface area contributed by atoms with E-state index in [4.69, 9.17) is 4.74 Å². The molecule has 2 N–H and O–H groups in total. The van der Waals surface area contributed by atoms with Crippen molar-refractivity contribution in [2.24, 2.45) is 0 Å². The topological polar surface area (TPSA) is 84.5 Å². The summed E-state index contributed by atoms with van der Waals surface area (Å²) >= 11 is 0. The summed E-state index contributed by atoms with van der Waals surface area (Å²) in [5.41, 5.74) is 3.95. The smallest absolute Gasteiger partial charge is 0.338 e. The molecular formula is C21H24N2O4. The number of hydrogen-bond acceptors (Lipinski definition) is 4. The Balaban J connectivity index is 1.79. The molecule has 6 heteroatoms. The van der Waals surface area contributed by atoms with Crippen LogP contribution in [0.1, 0.15) is 34.0 Å². The summed E-state index contributed by atoms with van der Waals surface area (Å²) in [7, 11) is 0. The Morgan fingerprint density at radius 2 is 1.70 bits per heavy atom. The first-order valence-electron chi connectivity index (χ1n) is 8.80. The molecular weight excluding hydrogens is 344 g/mol. The second kappa shape index (κ2) is 9.52. The maximum Gasteiger partial charge on any atom is 0.338 e. The molecule has 2 rings (SSSR count). The van der Waals surface area contributed by atoms with Crippen LogP contribution < -0.4 is 10.6 Å². The zero-order chi connectivity index (χ0) is 19.8. The minimum Gasteiger partial charge on any atom is -0.452 e. The quantitative estimate of drug-likeness (QED) is 0.736. The molecule has 6 nitrogen and oxygen atoms in total. The van der Waals surface area contributed by atoms with Gasteiger partial charge in [0.25, 0.3) is 5.91 Å². The SMILES string of the molecule is CCc1ccccc1NC(=O)CNC(=O)COC(=O)c1cccc(C)c1C. The first kappa shape index (κ1) is 20.2. The first-order valence-corrected chi connectivity index (χ1v) is 8.80. The number of benzene rings is 2. The van der Waals surface area contributed by atoms with Gasteiger partial charge in [-0.2, -0.15) is 0 Å². The highest BCUT2D eigenvalue weighted by Gasteiger charge is 2.14. The van der Waals surface area contributed by atoms with E-state index in [0.29, 0.717) is 5.56 Å². The normalized spacial score (nSPS) is 10.2. The van der Waals surface area contributed by atoms with Crippen LogP contribution in [0.25, 0.3) is 0 Å². The largest absolute Gasteiger partial charge is 0.452 e. The van der Waals surface area contributed by atoms with Gasteiger partial charge in [0, 0.05) is 5.69 Å². The molecule has 0 heterocycles. The third kappa shape index (κ3) is 5.67. The van der Waals surface area contributed by atoms with Crippen LogP contribution in [0.2, 0.25) is 0 Å². The number of hydrogen-bond donors (Lipinski definition) is 2. The van der Waals surface area contributed by atoms with Crippen molar-refractivity contribution in [1.82, 2.24) is 5.32 Å². The molecule has 142 valence electrons. The summed E-state index contributed by atoms with van der Waals surface area (Å²) in [5.74, 6) is -1.44. The lowest BCUT2D eigenvalue weighted by Gasteiger charge is -2.11. The second-order valence-corrected chi connectivity index (χ2v) is 6.16. The average molecular weight is 368 g/mol. The van der Waals surface area contributed by atoms with E-state index in [0.717, 1.165) is 28.8 Å². The third-order valence-corrected chi connectivity index (χ3v) is 4.28. The Bertz CT molecular complexity index is 846. The van der Waals surface area contributed by atoms with Crippen molar-refractivity contribution < 1.29 is 19.1 Å². The Kier molecular flexibility index (Phi) is 7.11. The molecule has 0 aromatic heterocycles. The summed E-state index contributed by atoms with van der Waals surface area (Å²) in [5, 5.41) is 5.20. The Morgan fingerprint density at radius 3 is 2.44 bits per heavy atom. The number of esters is 1. The molecule has 2 aromatic carbocycles. The molecule has 2 amide bonds. The summed E-state index contributed by atoms with van der Waals surface area (Å²) in [6.07, 6.45) is 0.789. The number of ether oxygens (including phenoxy) is 1. The van der Waals surface area contributed by atoms with Gasteiger partial charge in [0.05, 0.1) is 12.1 Å². The molecule has 0 radical (unpaired) electrons. The predicted molar refractivity (Wildman–Crippen MR) is 104 cm³/mol. The van der Waals surface area contributed by atoms with Crippen molar-refractivity contribution in [3.05, 3.63) is 64.7 Å². The van der Waals surface area contributed by atoms with Gasteiger partial charge in [-0.25, -0.2) is 4.79 Å². The molecule has 0 fully saturated rings. The van der Waals surface area contributed by atoms with Crippen LogP contribution in [0.15, 0.2) is 42.5 Å². The highest BCUT2D eigenvalue weighted by Crippen LogP contribution is 2.15. The van der Waals surface area contributed by atoms with E-state index >= 15 is 0 Å². The van der Waals surface area contributed by atoms with Crippen molar-refractivity contribution in [3.63, 3.8) is 0 Å². The van der Waals surface area contributed by atoms with Gasteiger partial charge >= 0.3 is 5.97 Å². The fraction of sp³-hybridized carbons (Fsp3) is 0.286. The molecule has 0 atom stereocenters. The van der Waals surface area contributed by atoms with Gasteiger partial charge in [-0.1, -0.05) is 37.3 Å². The molecule has 0 bridgehead atoms. The van der Waals surface area contributed by atoms with Crippen molar-refractivity contribution in [1.29, 1.82) is 0 Å². The summed E-state index contributed by atoms with van der Waals surface area (Å²) in [6, 6.07) is 12.8. The van der Waals surface area contributed by atoms with Crippen LogP contribution >= 0.6 is 0 Å². The van der Waals surface area contributed by atoms with Gasteiger partial charge in [0.1, 0.15) is 0 Å². The van der Waals surface area contributed by atoms with Crippen LogP contribution in [0.4, 0.5) is 5.69 Å². The number of nitrogens with one attached hydrogen (secondary N) is 2. The van der Waals surface area contributed by atoms with Crippen molar-refractivity contribution in [2.45, 2.75) is 27.2 Å². The maximum absolute atomic E-state index is 12.1. The number of carbonyl (C=O) groups excluding carboxylic acids is 3. The van der Waals surface area contributed by atoms with Crippen molar-refractivity contribution in [2.75, 3.05) is 18.5 Å². The fourth-order valence-corrected chi connectivity index (χ4v) is 2.56. The Morgan fingerprint density at radius 1 is 0.963 bits per heavy atom. The van der Waals surface area contributed by atoms with Crippen LogP contribution in [-0.2, 0) is 20.7 Å². The van der Waals surface area contributed by atoms with Gasteiger partial charge in [-0.05, 0) is 49.1 Å². The Labute approximate surface area is 158 Å². The molecule has 27 heavy (non-hydrogen) atoms. The van der Waals surface area contributed by atoms with Gasteiger partial charge in [0.2, 0.25) is 5.91 Å². The minimum absolute atomic E-state index is 0.197. The van der Waals surface area contributed by atoms with Crippen molar-refractivity contribution in [3.8, 4) is 0 Å². The van der Waals surface area contributed by atoms with Gasteiger partial charge < -0.3 is 15.4 Å². The molecule has 0 saturated heterocycles. The van der Waals surface area contributed by atoms with Gasteiger partial charge in [-0.15, -0.1) is 0 Å². The molecule has 0 aliphatic carbocycles. The first-order chi connectivity index (χ1) is 12.9. The molecule has 0 aliphatic rings. The monoisotopic (exact) mass is 368 g/mol. The van der Waals surface area contributed by atoms with Crippen molar-refractivity contribution >= 4 is 23.5 Å². The van der Waals surface area contributed by atoms with Crippen LogP contribution in [-0.4, -0.2) is 30.9 Å². The van der Waals surface area contributed by atoms with E-state index in [1.165, 1.54) is 0 Å². The number of para-hydroxylation sites is 1. The van der Waals surface area contributed by atoms with Crippen LogP contribution in [0.3, 0.4) is 0 Å².